The molecule has 0 aliphatic carbocycles. The van der Waals surface area contributed by atoms with Gasteiger partial charge in [-0.25, -0.2) is 0 Å². The second kappa shape index (κ2) is 9.10. The molecule has 0 saturated heterocycles. The van der Waals surface area contributed by atoms with Crippen molar-refractivity contribution < 1.29 is 4.79 Å². The van der Waals surface area contributed by atoms with Gasteiger partial charge >= 0.3 is 0 Å². The summed E-state index contributed by atoms with van der Waals surface area (Å²) in [6.07, 6.45) is 0. The highest BCUT2D eigenvalue weighted by Gasteiger charge is 2.15. The van der Waals surface area contributed by atoms with Gasteiger partial charge in [-0.2, -0.15) is 5.10 Å². The molecule has 156 valence electrons. The second-order valence-corrected chi connectivity index (χ2v) is 8.00. The lowest BCUT2D eigenvalue weighted by Crippen LogP contribution is -2.30. The minimum absolute atomic E-state index is 0.0296. The first-order valence-electron chi connectivity index (χ1n) is 10.1. The van der Waals surface area contributed by atoms with Crippen LogP contribution in [0.2, 0.25) is 0 Å². The summed E-state index contributed by atoms with van der Waals surface area (Å²) in [5.41, 5.74) is 5.50. The number of nitrogens with one attached hydrogen (secondary N) is 1. The third-order valence-electron chi connectivity index (χ3n) is 5.27. The van der Waals surface area contributed by atoms with Crippen molar-refractivity contribution in [3.8, 4) is 22.5 Å². The van der Waals surface area contributed by atoms with Crippen LogP contribution < -0.4 is 0 Å². The molecule has 0 aliphatic heterocycles. The van der Waals surface area contributed by atoms with E-state index in [2.05, 4.69) is 46.6 Å². The molecule has 0 radical (unpaired) electrons. The molecule has 6 heteroatoms. The van der Waals surface area contributed by atoms with Crippen molar-refractivity contribution in [2.24, 2.45) is 0 Å². The van der Waals surface area contributed by atoms with E-state index in [9.17, 15) is 4.79 Å². The minimum atomic E-state index is -0.0296. The number of amides is 1. The third-order valence-corrected chi connectivity index (χ3v) is 5.58. The first kappa shape index (κ1) is 20.8. The SMILES string of the molecule is Cc1ccc(-c2n[nH]c(=S)n2CC(=O)N(C)Cc2ccc(-c3ccccc3)cc2)cc1. The van der Waals surface area contributed by atoms with Crippen molar-refractivity contribution in [3.05, 3.63) is 94.8 Å². The van der Waals surface area contributed by atoms with Crippen LogP contribution in [0.25, 0.3) is 22.5 Å². The van der Waals surface area contributed by atoms with Gasteiger partial charge in [0.2, 0.25) is 5.91 Å². The van der Waals surface area contributed by atoms with Gasteiger partial charge in [0.1, 0.15) is 6.54 Å². The van der Waals surface area contributed by atoms with Gasteiger partial charge in [-0.15, -0.1) is 0 Å². The van der Waals surface area contributed by atoms with Crippen LogP contribution in [0.15, 0.2) is 78.9 Å². The van der Waals surface area contributed by atoms with Crippen LogP contribution in [0.3, 0.4) is 0 Å². The van der Waals surface area contributed by atoms with Crippen molar-refractivity contribution in [3.63, 3.8) is 0 Å². The molecule has 1 aromatic heterocycles. The Morgan fingerprint density at radius 2 is 1.55 bits per heavy atom. The molecular formula is C25H24N4OS. The number of nitrogens with zero attached hydrogens (tertiary/aromatic N) is 3. The zero-order valence-electron chi connectivity index (χ0n) is 17.6. The number of hydrogen-bond acceptors (Lipinski definition) is 3. The van der Waals surface area contributed by atoms with Gasteiger partial charge in [0.15, 0.2) is 10.6 Å². The van der Waals surface area contributed by atoms with E-state index >= 15 is 0 Å². The molecule has 0 saturated carbocycles. The summed E-state index contributed by atoms with van der Waals surface area (Å²) in [5.74, 6) is 0.636. The van der Waals surface area contributed by atoms with Gasteiger partial charge in [0.25, 0.3) is 0 Å². The van der Waals surface area contributed by atoms with E-state index in [1.807, 2.05) is 56.4 Å². The van der Waals surface area contributed by atoms with Crippen LogP contribution in [-0.4, -0.2) is 32.6 Å². The molecule has 0 spiro atoms. The fraction of sp³-hybridized carbons (Fsp3) is 0.160. The van der Waals surface area contributed by atoms with E-state index < -0.39 is 0 Å². The number of aromatic amines is 1. The lowest BCUT2D eigenvalue weighted by Gasteiger charge is -2.18. The normalized spacial score (nSPS) is 10.8. The Morgan fingerprint density at radius 3 is 2.23 bits per heavy atom. The van der Waals surface area contributed by atoms with E-state index in [4.69, 9.17) is 12.2 Å². The molecule has 0 atom stereocenters. The molecule has 3 aromatic carbocycles. The average molecular weight is 429 g/mol. The van der Waals surface area contributed by atoms with Gasteiger partial charge in [-0.05, 0) is 35.8 Å². The number of aromatic nitrogens is 3. The van der Waals surface area contributed by atoms with Crippen molar-refractivity contribution in [2.45, 2.75) is 20.0 Å². The summed E-state index contributed by atoms with van der Waals surface area (Å²) in [6.45, 7) is 2.70. The summed E-state index contributed by atoms with van der Waals surface area (Å²) < 4.78 is 2.18. The van der Waals surface area contributed by atoms with Crippen LogP contribution in [0.1, 0.15) is 11.1 Å². The summed E-state index contributed by atoms with van der Waals surface area (Å²) in [5, 5.41) is 7.14. The van der Waals surface area contributed by atoms with E-state index in [1.54, 1.807) is 9.47 Å². The summed E-state index contributed by atoms with van der Waals surface area (Å²) in [4.78, 5) is 14.6. The highest BCUT2D eigenvalue weighted by molar-refractivity contribution is 7.71. The number of carbonyl (C=O) groups is 1. The average Bonchev–Trinajstić information content (AvgIpc) is 3.15. The topological polar surface area (TPSA) is 53.9 Å². The molecule has 0 unspecified atom stereocenters. The van der Waals surface area contributed by atoms with Gasteiger partial charge in [-0.3, -0.25) is 14.5 Å². The lowest BCUT2D eigenvalue weighted by atomic mass is 10.0. The number of aryl methyl sites for hydroxylation is 1. The molecule has 1 heterocycles. The lowest BCUT2D eigenvalue weighted by molar-refractivity contribution is -0.131. The number of carbonyl (C=O) groups excluding carboxylic acids is 1. The zero-order chi connectivity index (χ0) is 21.8. The van der Waals surface area contributed by atoms with E-state index in [-0.39, 0.29) is 12.5 Å². The number of hydrogen-bond donors (Lipinski definition) is 1. The maximum Gasteiger partial charge on any atom is 0.242 e. The minimum Gasteiger partial charge on any atom is -0.340 e. The Labute approximate surface area is 187 Å². The van der Waals surface area contributed by atoms with E-state index in [0.29, 0.717) is 17.1 Å². The van der Waals surface area contributed by atoms with Crippen LogP contribution in [0.4, 0.5) is 0 Å². The van der Waals surface area contributed by atoms with E-state index in [1.165, 1.54) is 11.1 Å². The smallest absolute Gasteiger partial charge is 0.242 e. The Kier molecular flexibility index (Phi) is 6.09. The first-order valence-corrected chi connectivity index (χ1v) is 10.5. The molecule has 4 rings (SSSR count). The van der Waals surface area contributed by atoms with Crippen molar-refractivity contribution in [1.29, 1.82) is 0 Å². The monoisotopic (exact) mass is 428 g/mol. The third kappa shape index (κ3) is 4.81. The molecule has 5 nitrogen and oxygen atoms in total. The van der Waals surface area contributed by atoms with Crippen molar-refractivity contribution >= 4 is 18.1 Å². The zero-order valence-corrected chi connectivity index (χ0v) is 18.4. The predicted molar refractivity (Wildman–Crippen MR) is 126 cm³/mol. The molecule has 1 amide bonds. The molecule has 0 fully saturated rings. The molecule has 0 bridgehead atoms. The van der Waals surface area contributed by atoms with Gasteiger partial charge in [0, 0.05) is 19.2 Å². The van der Waals surface area contributed by atoms with Crippen LogP contribution in [0.5, 0.6) is 0 Å². The molecule has 1 N–H and O–H groups in total. The largest absolute Gasteiger partial charge is 0.340 e. The summed E-state index contributed by atoms with van der Waals surface area (Å²) in [7, 11) is 1.81. The molecule has 0 aliphatic rings. The molecule has 31 heavy (non-hydrogen) atoms. The second-order valence-electron chi connectivity index (χ2n) is 7.62. The maximum atomic E-state index is 12.9. The summed E-state index contributed by atoms with van der Waals surface area (Å²) >= 11 is 5.37. The number of rotatable bonds is 6. The maximum absolute atomic E-state index is 12.9. The standard InChI is InChI=1S/C25H24N4OS/c1-18-8-12-22(13-9-18)24-26-27-25(31)29(24)17-23(30)28(2)16-19-10-14-21(15-11-19)20-6-4-3-5-7-20/h3-15H,16-17H2,1-2H3,(H,27,31). The van der Waals surface area contributed by atoms with Crippen molar-refractivity contribution in [1.82, 2.24) is 19.7 Å². The molecular weight excluding hydrogens is 404 g/mol. The van der Waals surface area contributed by atoms with Crippen molar-refractivity contribution in [2.75, 3.05) is 7.05 Å². The Morgan fingerprint density at radius 1 is 0.935 bits per heavy atom. The van der Waals surface area contributed by atoms with Crippen LogP contribution in [0, 0.1) is 11.7 Å². The first-order chi connectivity index (χ1) is 15.0. The van der Waals surface area contributed by atoms with Crippen LogP contribution >= 0.6 is 12.2 Å². The number of benzene rings is 3. The highest BCUT2D eigenvalue weighted by Crippen LogP contribution is 2.20. The quantitative estimate of drug-likeness (QED) is 0.427. The molecule has 4 aromatic rings. The van der Waals surface area contributed by atoms with Crippen LogP contribution in [-0.2, 0) is 17.9 Å². The fourth-order valence-electron chi connectivity index (χ4n) is 3.44. The Hall–Kier alpha value is -3.51. The van der Waals surface area contributed by atoms with Gasteiger partial charge in [-0.1, -0.05) is 84.4 Å². The highest BCUT2D eigenvalue weighted by atomic mass is 32.1. The van der Waals surface area contributed by atoms with E-state index in [0.717, 1.165) is 16.7 Å². The number of H-pyrrole nitrogens is 1. The Bertz CT molecular complexity index is 1230. The fourth-order valence-corrected chi connectivity index (χ4v) is 3.64. The Balaban J connectivity index is 1.45. The van der Waals surface area contributed by atoms with Gasteiger partial charge in [0.05, 0.1) is 0 Å². The van der Waals surface area contributed by atoms with Gasteiger partial charge < -0.3 is 4.90 Å². The predicted octanol–water partition coefficient (Wildman–Crippen LogP) is 5.24. The number of likely N-dealkylation sites (N-methyl/N-ethyl adjacent to an activating group) is 1. The summed E-state index contributed by atoms with van der Waals surface area (Å²) in [6, 6.07) is 26.6.